The van der Waals surface area contributed by atoms with Gasteiger partial charge in [-0.25, -0.2) is 0 Å². The van der Waals surface area contributed by atoms with Gasteiger partial charge in [-0.05, 0) is 18.3 Å². The largest absolute Gasteiger partial charge is 0.366 e. The lowest BCUT2D eigenvalue weighted by Gasteiger charge is -2.35. The molecule has 0 saturated carbocycles. The molecular weight excluding hydrogens is 300 g/mol. The van der Waals surface area contributed by atoms with Crippen molar-refractivity contribution in [1.82, 2.24) is 15.1 Å². The lowest BCUT2D eigenvalue weighted by molar-refractivity contribution is -0.380. The standard InChI is InChI=1S/C11H14N4O3S2/c1-12-11(19)14-6-4-13(5-7-14)10(16)8-2-3-9(20-8)15(17)18/h2-3H,4-7H2,1H3,(H,12,19). The van der Waals surface area contributed by atoms with E-state index in [0.717, 1.165) is 11.3 Å². The van der Waals surface area contributed by atoms with Crippen molar-refractivity contribution in [2.75, 3.05) is 33.2 Å². The maximum Gasteiger partial charge on any atom is 0.324 e. The van der Waals surface area contributed by atoms with Gasteiger partial charge in [0.15, 0.2) is 5.11 Å². The van der Waals surface area contributed by atoms with Crippen LogP contribution in [0.1, 0.15) is 9.67 Å². The molecule has 1 amide bonds. The molecule has 2 rings (SSSR count). The lowest BCUT2D eigenvalue weighted by atomic mass is 10.3. The topological polar surface area (TPSA) is 78.7 Å². The van der Waals surface area contributed by atoms with Crippen molar-refractivity contribution in [1.29, 1.82) is 0 Å². The van der Waals surface area contributed by atoms with E-state index < -0.39 is 4.92 Å². The number of thiocarbonyl (C=S) groups is 1. The van der Waals surface area contributed by atoms with Crippen molar-refractivity contribution in [3.8, 4) is 0 Å². The number of nitrogens with zero attached hydrogens (tertiary/aromatic N) is 3. The average molecular weight is 314 g/mol. The zero-order valence-electron chi connectivity index (χ0n) is 10.9. The summed E-state index contributed by atoms with van der Waals surface area (Å²) in [6.07, 6.45) is 0. The minimum Gasteiger partial charge on any atom is -0.366 e. The summed E-state index contributed by atoms with van der Waals surface area (Å²) >= 11 is 6.06. The molecule has 0 aliphatic carbocycles. The van der Waals surface area contributed by atoms with Crippen LogP contribution in [0.2, 0.25) is 0 Å². The molecule has 0 atom stereocenters. The number of hydrogen-bond acceptors (Lipinski definition) is 5. The molecule has 0 spiro atoms. The second-order valence-electron chi connectivity index (χ2n) is 4.23. The van der Waals surface area contributed by atoms with E-state index in [1.807, 2.05) is 4.90 Å². The number of nitro groups is 1. The van der Waals surface area contributed by atoms with Crippen molar-refractivity contribution in [2.45, 2.75) is 0 Å². The first-order chi connectivity index (χ1) is 9.52. The summed E-state index contributed by atoms with van der Waals surface area (Å²) in [5.41, 5.74) is 0. The number of piperazine rings is 1. The molecule has 2 heterocycles. The molecule has 1 aromatic heterocycles. The lowest BCUT2D eigenvalue weighted by Crippen LogP contribution is -2.52. The van der Waals surface area contributed by atoms with Gasteiger partial charge in [-0.2, -0.15) is 0 Å². The number of thiophene rings is 1. The van der Waals surface area contributed by atoms with Crippen LogP contribution in [0.3, 0.4) is 0 Å². The molecular formula is C11H14N4O3S2. The fourth-order valence-electron chi connectivity index (χ4n) is 1.97. The van der Waals surface area contributed by atoms with Crippen LogP contribution in [0.4, 0.5) is 5.00 Å². The zero-order chi connectivity index (χ0) is 14.7. The Balaban J connectivity index is 1.97. The molecule has 0 bridgehead atoms. The van der Waals surface area contributed by atoms with Gasteiger partial charge in [0, 0.05) is 39.3 Å². The Kier molecular flexibility index (Phi) is 4.50. The normalized spacial score (nSPS) is 15.1. The van der Waals surface area contributed by atoms with E-state index in [-0.39, 0.29) is 10.9 Å². The minimum atomic E-state index is -0.481. The SMILES string of the molecule is CNC(=S)N1CCN(C(=O)c2ccc([N+](=O)[O-])s2)CC1. The van der Waals surface area contributed by atoms with E-state index in [9.17, 15) is 14.9 Å². The summed E-state index contributed by atoms with van der Waals surface area (Å²) in [6.45, 7) is 2.45. The summed E-state index contributed by atoms with van der Waals surface area (Å²) in [7, 11) is 1.77. The second-order valence-corrected chi connectivity index (χ2v) is 5.68. The van der Waals surface area contributed by atoms with E-state index in [1.54, 1.807) is 11.9 Å². The Morgan fingerprint density at radius 3 is 2.45 bits per heavy atom. The molecule has 108 valence electrons. The van der Waals surface area contributed by atoms with E-state index in [4.69, 9.17) is 12.2 Å². The molecule has 1 fully saturated rings. The average Bonchev–Trinajstić information content (AvgIpc) is 2.96. The molecule has 20 heavy (non-hydrogen) atoms. The van der Waals surface area contributed by atoms with E-state index in [2.05, 4.69) is 5.32 Å². The number of carbonyl (C=O) groups excluding carboxylic acids is 1. The third-order valence-corrected chi connectivity index (χ3v) is 4.54. The van der Waals surface area contributed by atoms with Crippen LogP contribution >= 0.6 is 23.6 Å². The van der Waals surface area contributed by atoms with Crippen LogP contribution in [0.25, 0.3) is 0 Å². The van der Waals surface area contributed by atoms with Gasteiger partial charge in [-0.15, -0.1) is 0 Å². The highest BCUT2D eigenvalue weighted by atomic mass is 32.1. The molecule has 0 aromatic carbocycles. The van der Waals surface area contributed by atoms with Crippen LogP contribution in [0.5, 0.6) is 0 Å². The van der Waals surface area contributed by atoms with Crippen LogP contribution in [0, 0.1) is 10.1 Å². The predicted octanol–water partition coefficient (Wildman–Crippen LogP) is 0.918. The van der Waals surface area contributed by atoms with Gasteiger partial charge in [-0.3, -0.25) is 14.9 Å². The smallest absolute Gasteiger partial charge is 0.324 e. The van der Waals surface area contributed by atoms with E-state index in [0.29, 0.717) is 36.2 Å². The maximum absolute atomic E-state index is 12.2. The number of hydrogen-bond donors (Lipinski definition) is 1. The predicted molar refractivity (Wildman–Crippen MR) is 80.1 cm³/mol. The van der Waals surface area contributed by atoms with Gasteiger partial charge >= 0.3 is 5.00 Å². The summed E-state index contributed by atoms with van der Waals surface area (Å²) in [4.78, 5) is 26.5. The Labute approximate surface area is 125 Å². The van der Waals surface area contributed by atoms with Crippen molar-refractivity contribution in [2.24, 2.45) is 0 Å². The summed E-state index contributed by atoms with van der Waals surface area (Å²) in [5, 5.41) is 14.2. The molecule has 0 radical (unpaired) electrons. The van der Waals surface area contributed by atoms with Gasteiger partial charge in [0.2, 0.25) is 0 Å². The fraction of sp³-hybridized carbons (Fsp3) is 0.455. The van der Waals surface area contributed by atoms with Crippen LogP contribution < -0.4 is 5.32 Å². The number of rotatable bonds is 2. The monoisotopic (exact) mass is 314 g/mol. The molecule has 9 heteroatoms. The Hall–Kier alpha value is -1.74. The van der Waals surface area contributed by atoms with Gasteiger partial charge < -0.3 is 15.1 Å². The minimum absolute atomic E-state index is 0.0108. The Bertz CT molecular complexity index is 538. The third kappa shape index (κ3) is 3.05. The first-order valence-electron chi connectivity index (χ1n) is 6.03. The fourth-order valence-corrected chi connectivity index (χ4v) is 2.94. The second kappa shape index (κ2) is 6.14. The highest BCUT2D eigenvalue weighted by molar-refractivity contribution is 7.80. The van der Waals surface area contributed by atoms with Crippen molar-refractivity contribution in [3.05, 3.63) is 27.1 Å². The molecule has 1 aromatic rings. The van der Waals surface area contributed by atoms with Crippen LogP contribution in [-0.2, 0) is 0 Å². The number of nitrogens with one attached hydrogen (secondary N) is 1. The van der Waals surface area contributed by atoms with Gasteiger partial charge in [0.05, 0.1) is 9.80 Å². The summed E-state index contributed by atoms with van der Waals surface area (Å²) in [5.74, 6) is -0.155. The number of carbonyl (C=O) groups is 1. The molecule has 1 aliphatic heterocycles. The number of amides is 1. The first kappa shape index (κ1) is 14.7. The van der Waals surface area contributed by atoms with Gasteiger partial charge in [0.25, 0.3) is 5.91 Å². The molecule has 1 aliphatic rings. The maximum atomic E-state index is 12.2. The molecule has 7 nitrogen and oxygen atoms in total. The van der Waals surface area contributed by atoms with E-state index in [1.165, 1.54) is 12.1 Å². The Morgan fingerprint density at radius 2 is 1.95 bits per heavy atom. The highest BCUT2D eigenvalue weighted by Crippen LogP contribution is 2.25. The molecule has 0 unspecified atom stereocenters. The van der Waals surface area contributed by atoms with Crippen molar-refractivity contribution in [3.63, 3.8) is 0 Å². The van der Waals surface area contributed by atoms with Crippen LogP contribution in [0.15, 0.2) is 12.1 Å². The first-order valence-corrected chi connectivity index (χ1v) is 7.25. The summed E-state index contributed by atoms with van der Waals surface area (Å²) < 4.78 is 0. The molecule has 1 N–H and O–H groups in total. The molecule has 1 saturated heterocycles. The van der Waals surface area contributed by atoms with Crippen molar-refractivity contribution < 1.29 is 9.72 Å². The third-order valence-electron chi connectivity index (χ3n) is 3.05. The zero-order valence-corrected chi connectivity index (χ0v) is 12.5. The quantitative estimate of drug-likeness (QED) is 0.497. The van der Waals surface area contributed by atoms with E-state index >= 15 is 0 Å². The van der Waals surface area contributed by atoms with Crippen molar-refractivity contribution >= 4 is 39.6 Å². The van der Waals surface area contributed by atoms with Crippen LogP contribution in [-0.4, -0.2) is 59.0 Å². The highest BCUT2D eigenvalue weighted by Gasteiger charge is 2.25. The van der Waals surface area contributed by atoms with Gasteiger partial charge in [-0.1, -0.05) is 11.3 Å². The summed E-state index contributed by atoms with van der Waals surface area (Å²) in [6, 6.07) is 2.88. The van der Waals surface area contributed by atoms with Gasteiger partial charge in [0.1, 0.15) is 0 Å². The Morgan fingerprint density at radius 1 is 1.35 bits per heavy atom.